The monoisotopic (exact) mass is 319 g/mol. The average Bonchev–Trinajstić information content (AvgIpc) is 2.97. The Morgan fingerprint density at radius 1 is 1.30 bits per heavy atom. The highest BCUT2D eigenvalue weighted by molar-refractivity contribution is 6.01. The third-order valence-corrected chi connectivity index (χ3v) is 4.25. The number of rotatable bonds is 7. The molecule has 0 aromatic heterocycles. The summed E-state index contributed by atoms with van der Waals surface area (Å²) in [6.07, 6.45) is 4.36. The van der Waals surface area contributed by atoms with Crippen LogP contribution in [0.2, 0.25) is 0 Å². The van der Waals surface area contributed by atoms with Crippen molar-refractivity contribution in [3.8, 4) is 0 Å². The van der Waals surface area contributed by atoms with Gasteiger partial charge in [-0.1, -0.05) is 18.2 Å². The summed E-state index contributed by atoms with van der Waals surface area (Å²) in [6.45, 7) is 1.83. The van der Waals surface area contributed by atoms with Crippen LogP contribution in [0, 0.1) is 0 Å². The summed E-state index contributed by atoms with van der Waals surface area (Å²) in [5.41, 5.74) is 0.821. The zero-order valence-electron chi connectivity index (χ0n) is 13.9. The SMILES string of the molecule is CN(C)CCNC1CCCC1N(C(=O)C=CF)c1ccccc1. The van der Waals surface area contributed by atoms with Crippen molar-refractivity contribution in [1.82, 2.24) is 10.2 Å². The second-order valence-electron chi connectivity index (χ2n) is 6.20. The molecular weight excluding hydrogens is 293 g/mol. The number of nitrogens with zero attached hydrogens (tertiary/aromatic N) is 2. The van der Waals surface area contributed by atoms with E-state index in [4.69, 9.17) is 0 Å². The molecule has 23 heavy (non-hydrogen) atoms. The molecule has 1 aliphatic carbocycles. The van der Waals surface area contributed by atoms with Gasteiger partial charge >= 0.3 is 0 Å². The molecular formula is C18H26FN3O. The smallest absolute Gasteiger partial charge is 0.253 e. The van der Waals surface area contributed by atoms with E-state index in [-0.39, 0.29) is 18.0 Å². The Morgan fingerprint density at radius 3 is 2.70 bits per heavy atom. The number of nitrogens with one attached hydrogen (secondary N) is 1. The van der Waals surface area contributed by atoms with E-state index in [9.17, 15) is 9.18 Å². The van der Waals surface area contributed by atoms with Gasteiger partial charge in [-0.2, -0.15) is 0 Å². The Balaban J connectivity index is 2.15. The maximum absolute atomic E-state index is 12.5. The second kappa shape index (κ2) is 8.79. The molecule has 1 fully saturated rings. The van der Waals surface area contributed by atoms with Crippen molar-refractivity contribution in [2.45, 2.75) is 31.3 Å². The van der Waals surface area contributed by atoms with Crippen LogP contribution in [0.5, 0.6) is 0 Å². The number of halogens is 1. The van der Waals surface area contributed by atoms with Crippen LogP contribution in [0.25, 0.3) is 0 Å². The Hall–Kier alpha value is -1.72. The molecule has 4 nitrogen and oxygen atoms in total. The predicted molar refractivity (Wildman–Crippen MR) is 92.2 cm³/mol. The average molecular weight is 319 g/mol. The molecule has 1 saturated carbocycles. The van der Waals surface area contributed by atoms with E-state index in [0.717, 1.165) is 44.1 Å². The lowest BCUT2D eigenvalue weighted by Crippen LogP contribution is -2.50. The summed E-state index contributed by atoms with van der Waals surface area (Å²) in [7, 11) is 4.08. The second-order valence-corrected chi connectivity index (χ2v) is 6.20. The van der Waals surface area contributed by atoms with Gasteiger partial charge in [0.1, 0.15) is 0 Å². The predicted octanol–water partition coefficient (Wildman–Crippen LogP) is 2.58. The van der Waals surface area contributed by atoms with Crippen molar-refractivity contribution in [1.29, 1.82) is 0 Å². The van der Waals surface area contributed by atoms with E-state index in [2.05, 4.69) is 10.2 Å². The van der Waals surface area contributed by atoms with Crippen molar-refractivity contribution in [3.05, 3.63) is 42.7 Å². The minimum atomic E-state index is -0.301. The molecule has 0 aliphatic heterocycles. The molecule has 0 bridgehead atoms. The highest BCUT2D eigenvalue weighted by Crippen LogP contribution is 2.29. The van der Waals surface area contributed by atoms with Crippen LogP contribution in [-0.4, -0.2) is 50.1 Å². The number of likely N-dealkylation sites (N-methyl/N-ethyl adjacent to an activating group) is 1. The summed E-state index contributed by atoms with van der Waals surface area (Å²) < 4.78 is 12.5. The Kier molecular flexibility index (Phi) is 6.74. The zero-order chi connectivity index (χ0) is 16.7. The lowest BCUT2D eigenvalue weighted by atomic mass is 10.1. The van der Waals surface area contributed by atoms with Gasteiger partial charge in [0.15, 0.2) is 0 Å². The minimum absolute atomic E-state index is 0.0586. The molecule has 2 atom stereocenters. The highest BCUT2D eigenvalue weighted by atomic mass is 19.1. The molecule has 0 heterocycles. The van der Waals surface area contributed by atoms with Crippen molar-refractivity contribution < 1.29 is 9.18 Å². The summed E-state index contributed by atoms with van der Waals surface area (Å²) in [5.74, 6) is -0.301. The van der Waals surface area contributed by atoms with Crippen LogP contribution >= 0.6 is 0 Å². The number of carbonyl (C=O) groups excluding carboxylic acids is 1. The Morgan fingerprint density at radius 2 is 2.04 bits per heavy atom. The number of hydrogen-bond acceptors (Lipinski definition) is 3. The van der Waals surface area contributed by atoms with Gasteiger partial charge in [-0.25, -0.2) is 4.39 Å². The number of carbonyl (C=O) groups is 1. The van der Waals surface area contributed by atoms with Gasteiger partial charge in [-0.15, -0.1) is 0 Å². The molecule has 0 radical (unpaired) electrons. The number of para-hydroxylation sites is 1. The quantitative estimate of drug-likeness (QED) is 0.785. The minimum Gasteiger partial charge on any atom is -0.311 e. The first-order valence-corrected chi connectivity index (χ1v) is 8.16. The topological polar surface area (TPSA) is 35.6 Å². The first kappa shape index (κ1) is 17.6. The maximum Gasteiger partial charge on any atom is 0.253 e. The molecule has 2 unspecified atom stereocenters. The van der Waals surface area contributed by atoms with Gasteiger partial charge in [0.05, 0.1) is 12.4 Å². The highest BCUT2D eigenvalue weighted by Gasteiger charge is 2.34. The van der Waals surface area contributed by atoms with E-state index < -0.39 is 0 Å². The summed E-state index contributed by atoms with van der Waals surface area (Å²) >= 11 is 0. The van der Waals surface area contributed by atoms with Gasteiger partial charge in [-0.3, -0.25) is 4.79 Å². The van der Waals surface area contributed by atoms with Crippen LogP contribution in [-0.2, 0) is 4.79 Å². The van der Waals surface area contributed by atoms with Crippen LogP contribution in [0.4, 0.5) is 10.1 Å². The largest absolute Gasteiger partial charge is 0.311 e. The Bertz CT molecular complexity index is 518. The lowest BCUT2D eigenvalue weighted by Gasteiger charge is -2.33. The first-order chi connectivity index (χ1) is 11.1. The van der Waals surface area contributed by atoms with Gasteiger partial charge in [0, 0.05) is 30.9 Å². The third kappa shape index (κ3) is 4.88. The van der Waals surface area contributed by atoms with E-state index in [0.29, 0.717) is 6.33 Å². The molecule has 0 spiro atoms. The standard InChI is InChI=1S/C18H26FN3O/c1-21(2)14-13-20-16-9-6-10-17(16)22(18(23)11-12-19)15-7-4-3-5-8-15/h3-5,7-8,11-12,16-17,20H,6,9-10,13-14H2,1-2H3. The van der Waals surface area contributed by atoms with Gasteiger partial charge < -0.3 is 15.1 Å². The molecule has 1 amide bonds. The van der Waals surface area contributed by atoms with Crippen molar-refractivity contribution in [3.63, 3.8) is 0 Å². The lowest BCUT2D eigenvalue weighted by molar-refractivity contribution is -0.114. The normalized spacial score (nSPS) is 21.2. The molecule has 1 aromatic rings. The van der Waals surface area contributed by atoms with Crippen LogP contribution in [0.1, 0.15) is 19.3 Å². The number of benzene rings is 1. The van der Waals surface area contributed by atoms with E-state index in [1.807, 2.05) is 44.4 Å². The molecule has 0 saturated heterocycles. The molecule has 126 valence electrons. The number of amides is 1. The number of hydrogen-bond donors (Lipinski definition) is 1. The maximum atomic E-state index is 12.5. The fourth-order valence-electron chi connectivity index (χ4n) is 3.17. The zero-order valence-corrected chi connectivity index (χ0v) is 13.9. The Labute approximate surface area is 138 Å². The fraction of sp³-hybridized carbons (Fsp3) is 0.500. The van der Waals surface area contributed by atoms with Crippen molar-refractivity contribution >= 4 is 11.6 Å². The van der Waals surface area contributed by atoms with E-state index >= 15 is 0 Å². The van der Waals surface area contributed by atoms with Crippen molar-refractivity contribution in [2.24, 2.45) is 0 Å². The summed E-state index contributed by atoms with van der Waals surface area (Å²) in [6, 6.07) is 9.82. The van der Waals surface area contributed by atoms with Gasteiger partial charge in [0.25, 0.3) is 5.91 Å². The van der Waals surface area contributed by atoms with Crippen LogP contribution in [0.15, 0.2) is 42.7 Å². The van der Waals surface area contributed by atoms with Crippen LogP contribution < -0.4 is 10.2 Å². The molecule has 5 heteroatoms. The number of anilines is 1. The van der Waals surface area contributed by atoms with E-state index in [1.165, 1.54) is 0 Å². The molecule has 2 rings (SSSR count). The van der Waals surface area contributed by atoms with Crippen molar-refractivity contribution in [2.75, 3.05) is 32.1 Å². The van der Waals surface area contributed by atoms with Gasteiger partial charge in [-0.05, 0) is 45.5 Å². The summed E-state index contributed by atoms with van der Waals surface area (Å²) in [5, 5.41) is 3.56. The molecule has 1 aliphatic rings. The molecule has 1 aromatic carbocycles. The molecule has 1 N–H and O–H groups in total. The first-order valence-electron chi connectivity index (χ1n) is 8.16. The summed E-state index contributed by atoms with van der Waals surface area (Å²) in [4.78, 5) is 16.3. The third-order valence-electron chi connectivity index (χ3n) is 4.25. The van der Waals surface area contributed by atoms with Gasteiger partial charge in [0.2, 0.25) is 0 Å². The van der Waals surface area contributed by atoms with Crippen LogP contribution in [0.3, 0.4) is 0 Å². The van der Waals surface area contributed by atoms with E-state index in [1.54, 1.807) is 4.90 Å². The fourth-order valence-corrected chi connectivity index (χ4v) is 3.17.